The van der Waals surface area contributed by atoms with E-state index >= 15 is 0 Å². The fraction of sp³-hybridized carbons (Fsp3) is 0.533. The first-order chi connectivity index (χ1) is 9.67. The summed E-state index contributed by atoms with van der Waals surface area (Å²) in [6.07, 6.45) is 4.19. The SMILES string of the molecule is CN1CCN(Cc2ccnc(C/C=C(/O)CN)c2)CC1. The molecule has 0 saturated carbocycles. The molecule has 1 saturated heterocycles. The molecule has 2 rings (SSSR count). The summed E-state index contributed by atoms with van der Waals surface area (Å²) in [5.41, 5.74) is 7.60. The molecule has 0 aromatic carbocycles. The van der Waals surface area contributed by atoms with Crippen LogP contribution in [0.4, 0.5) is 0 Å². The molecule has 1 aliphatic rings. The third kappa shape index (κ3) is 4.59. The molecule has 5 nitrogen and oxygen atoms in total. The van der Waals surface area contributed by atoms with Gasteiger partial charge in [-0.3, -0.25) is 9.88 Å². The smallest absolute Gasteiger partial charge is 0.102 e. The summed E-state index contributed by atoms with van der Waals surface area (Å²) in [6.45, 7) is 5.64. The molecule has 1 fully saturated rings. The average Bonchev–Trinajstić information content (AvgIpc) is 2.47. The lowest BCUT2D eigenvalue weighted by Gasteiger charge is -2.32. The van der Waals surface area contributed by atoms with Crippen molar-refractivity contribution in [2.45, 2.75) is 13.0 Å². The van der Waals surface area contributed by atoms with Gasteiger partial charge in [-0.05, 0) is 30.8 Å². The van der Waals surface area contributed by atoms with Gasteiger partial charge in [0.25, 0.3) is 0 Å². The van der Waals surface area contributed by atoms with E-state index in [1.807, 2.05) is 6.20 Å². The molecular formula is C15H24N4O. The van der Waals surface area contributed by atoms with Gasteiger partial charge in [-0.2, -0.15) is 0 Å². The Morgan fingerprint density at radius 3 is 2.85 bits per heavy atom. The van der Waals surface area contributed by atoms with Crippen LogP contribution in [0.1, 0.15) is 11.3 Å². The average molecular weight is 276 g/mol. The number of hydrogen-bond acceptors (Lipinski definition) is 5. The zero-order chi connectivity index (χ0) is 14.4. The number of aliphatic hydroxyl groups excluding tert-OH is 1. The summed E-state index contributed by atoms with van der Waals surface area (Å²) < 4.78 is 0. The highest BCUT2D eigenvalue weighted by Crippen LogP contribution is 2.09. The second-order valence-electron chi connectivity index (χ2n) is 5.34. The second kappa shape index (κ2) is 7.38. The Balaban J connectivity index is 1.92. The third-order valence-electron chi connectivity index (χ3n) is 3.64. The van der Waals surface area contributed by atoms with Crippen molar-refractivity contribution in [3.63, 3.8) is 0 Å². The number of aromatic nitrogens is 1. The Bertz CT molecular complexity index is 453. The number of pyridine rings is 1. The highest BCUT2D eigenvalue weighted by Gasteiger charge is 2.13. The topological polar surface area (TPSA) is 65.6 Å². The number of aliphatic hydroxyl groups is 1. The molecule has 110 valence electrons. The molecule has 1 aromatic heterocycles. The van der Waals surface area contributed by atoms with Gasteiger partial charge in [-0.1, -0.05) is 0 Å². The summed E-state index contributed by atoms with van der Waals surface area (Å²) in [5.74, 6) is 0.219. The van der Waals surface area contributed by atoms with Crippen LogP contribution < -0.4 is 5.73 Å². The van der Waals surface area contributed by atoms with E-state index < -0.39 is 0 Å². The van der Waals surface area contributed by atoms with Crippen LogP contribution >= 0.6 is 0 Å². The van der Waals surface area contributed by atoms with E-state index in [1.54, 1.807) is 6.08 Å². The van der Waals surface area contributed by atoms with Crippen molar-refractivity contribution in [3.05, 3.63) is 41.4 Å². The first-order valence-electron chi connectivity index (χ1n) is 7.10. The maximum Gasteiger partial charge on any atom is 0.102 e. The Kier molecular flexibility index (Phi) is 5.52. The van der Waals surface area contributed by atoms with Gasteiger partial charge in [-0.25, -0.2) is 0 Å². The van der Waals surface area contributed by atoms with Crippen molar-refractivity contribution in [2.24, 2.45) is 5.73 Å². The van der Waals surface area contributed by atoms with E-state index in [9.17, 15) is 5.11 Å². The van der Waals surface area contributed by atoms with E-state index in [0.29, 0.717) is 6.42 Å². The van der Waals surface area contributed by atoms with E-state index in [0.717, 1.165) is 38.4 Å². The van der Waals surface area contributed by atoms with Crippen LogP contribution in [0.3, 0.4) is 0 Å². The van der Waals surface area contributed by atoms with Crippen LogP contribution in [0.25, 0.3) is 0 Å². The zero-order valence-corrected chi connectivity index (χ0v) is 12.1. The molecule has 0 bridgehead atoms. The second-order valence-corrected chi connectivity index (χ2v) is 5.34. The van der Waals surface area contributed by atoms with Crippen LogP contribution in [0, 0.1) is 0 Å². The summed E-state index contributed by atoms with van der Waals surface area (Å²) in [5, 5.41) is 9.37. The lowest BCUT2D eigenvalue weighted by Crippen LogP contribution is -2.43. The van der Waals surface area contributed by atoms with Gasteiger partial charge in [0.15, 0.2) is 0 Å². The number of hydrogen-bond donors (Lipinski definition) is 2. The molecule has 1 aromatic rings. The highest BCUT2D eigenvalue weighted by atomic mass is 16.3. The lowest BCUT2D eigenvalue weighted by molar-refractivity contribution is 0.148. The molecule has 20 heavy (non-hydrogen) atoms. The molecule has 2 heterocycles. The first kappa shape index (κ1) is 15.0. The Hall–Kier alpha value is -1.43. The zero-order valence-electron chi connectivity index (χ0n) is 12.1. The Morgan fingerprint density at radius 1 is 1.40 bits per heavy atom. The highest BCUT2D eigenvalue weighted by molar-refractivity contribution is 5.18. The standard InChI is InChI=1S/C15H24N4O/c1-18-6-8-19(9-7-18)12-13-4-5-17-14(10-13)2-3-15(20)11-16/h3-5,10,20H,2,6-9,11-12,16H2,1H3/b15-3+. The number of allylic oxidation sites excluding steroid dienone is 1. The van der Waals surface area contributed by atoms with Crippen molar-refractivity contribution in [3.8, 4) is 0 Å². The minimum atomic E-state index is 0.182. The van der Waals surface area contributed by atoms with Crippen LogP contribution in [0.15, 0.2) is 30.2 Å². The van der Waals surface area contributed by atoms with Crippen molar-refractivity contribution in [1.82, 2.24) is 14.8 Å². The van der Waals surface area contributed by atoms with E-state index in [1.165, 1.54) is 5.56 Å². The molecule has 3 N–H and O–H groups in total. The maximum absolute atomic E-state index is 9.37. The molecule has 0 radical (unpaired) electrons. The van der Waals surface area contributed by atoms with Crippen molar-refractivity contribution >= 4 is 0 Å². The Morgan fingerprint density at radius 2 is 2.15 bits per heavy atom. The molecule has 1 aliphatic heterocycles. The number of likely N-dealkylation sites (N-methyl/N-ethyl adjacent to an activating group) is 1. The van der Waals surface area contributed by atoms with Gasteiger partial charge in [0.2, 0.25) is 0 Å². The molecule has 0 amide bonds. The van der Waals surface area contributed by atoms with Gasteiger partial charge >= 0.3 is 0 Å². The normalized spacial score (nSPS) is 18.4. The number of rotatable bonds is 5. The monoisotopic (exact) mass is 276 g/mol. The van der Waals surface area contributed by atoms with E-state index in [4.69, 9.17) is 5.73 Å². The van der Waals surface area contributed by atoms with E-state index in [2.05, 4.69) is 34.0 Å². The lowest BCUT2D eigenvalue weighted by atomic mass is 10.1. The fourth-order valence-corrected chi connectivity index (χ4v) is 2.31. The molecule has 0 unspecified atom stereocenters. The number of nitrogens with zero attached hydrogens (tertiary/aromatic N) is 3. The minimum absolute atomic E-state index is 0.182. The molecule has 0 atom stereocenters. The van der Waals surface area contributed by atoms with Crippen molar-refractivity contribution in [2.75, 3.05) is 39.8 Å². The van der Waals surface area contributed by atoms with Crippen LogP contribution in [-0.4, -0.2) is 59.7 Å². The Labute approximate surface area is 120 Å². The summed E-state index contributed by atoms with van der Waals surface area (Å²) in [7, 11) is 2.16. The minimum Gasteiger partial charge on any atom is -0.511 e. The van der Waals surface area contributed by atoms with Gasteiger partial charge in [0.05, 0.1) is 6.54 Å². The molecular weight excluding hydrogens is 252 g/mol. The van der Waals surface area contributed by atoms with Gasteiger partial charge < -0.3 is 15.7 Å². The largest absolute Gasteiger partial charge is 0.511 e. The quantitative estimate of drug-likeness (QED) is 0.778. The molecule has 0 spiro atoms. The summed E-state index contributed by atoms with van der Waals surface area (Å²) in [6, 6.07) is 4.17. The van der Waals surface area contributed by atoms with Gasteiger partial charge in [-0.15, -0.1) is 0 Å². The van der Waals surface area contributed by atoms with Crippen LogP contribution in [-0.2, 0) is 13.0 Å². The predicted molar refractivity (Wildman–Crippen MR) is 80.5 cm³/mol. The number of piperazine rings is 1. The summed E-state index contributed by atoms with van der Waals surface area (Å²) >= 11 is 0. The van der Waals surface area contributed by atoms with Crippen molar-refractivity contribution in [1.29, 1.82) is 0 Å². The number of nitrogens with two attached hydrogens (primary N) is 1. The van der Waals surface area contributed by atoms with Gasteiger partial charge in [0, 0.05) is 51.0 Å². The van der Waals surface area contributed by atoms with Crippen LogP contribution in [0.2, 0.25) is 0 Å². The maximum atomic E-state index is 9.37. The fourth-order valence-electron chi connectivity index (χ4n) is 2.31. The van der Waals surface area contributed by atoms with Crippen LogP contribution in [0.5, 0.6) is 0 Å². The first-order valence-corrected chi connectivity index (χ1v) is 7.10. The molecule has 5 heteroatoms. The third-order valence-corrected chi connectivity index (χ3v) is 3.64. The molecule has 0 aliphatic carbocycles. The predicted octanol–water partition coefficient (Wildman–Crippen LogP) is 0.772. The van der Waals surface area contributed by atoms with E-state index in [-0.39, 0.29) is 12.3 Å². The van der Waals surface area contributed by atoms with Crippen molar-refractivity contribution < 1.29 is 5.11 Å². The van der Waals surface area contributed by atoms with Gasteiger partial charge in [0.1, 0.15) is 5.76 Å². The summed E-state index contributed by atoms with van der Waals surface area (Å²) in [4.78, 5) is 9.15.